The molecular formula is C10H16NO2P. The Hall–Kier alpha value is -0.820. The molecule has 3 nitrogen and oxygen atoms in total. The van der Waals surface area contributed by atoms with Crippen molar-refractivity contribution in [3.05, 3.63) is 17.7 Å². The van der Waals surface area contributed by atoms with Crippen LogP contribution < -0.4 is 10.2 Å². The first kappa shape index (κ1) is 11.3. The maximum absolute atomic E-state index is 11.8. The number of ether oxygens (including phenoxy) is 1. The van der Waals surface area contributed by atoms with Crippen LogP contribution in [-0.4, -0.2) is 25.4 Å². The molecule has 1 aromatic heterocycles. The Kier molecular flexibility index (Phi) is 3.33. The largest absolute Gasteiger partial charge is 0.481 e. The minimum Gasteiger partial charge on any atom is -0.481 e. The van der Waals surface area contributed by atoms with Crippen LogP contribution in [0.15, 0.2) is 12.1 Å². The van der Waals surface area contributed by atoms with Gasteiger partial charge in [0.15, 0.2) is 0 Å². The summed E-state index contributed by atoms with van der Waals surface area (Å²) in [5.41, 5.74) is 1.68. The molecule has 0 aliphatic carbocycles. The van der Waals surface area contributed by atoms with Crippen molar-refractivity contribution < 1.29 is 9.30 Å². The molecule has 0 unspecified atom stereocenters. The SMILES string of the molecule is CCc1ccc(P(C)(C)=O)nc1OC. The lowest BCUT2D eigenvalue weighted by Gasteiger charge is -2.10. The highest BCUT2D eigenvalue weighted by atomic mass is 31.2. The van der Waals surface area contributed by atoms with Crippen LogP contribution in [0.2, 0.25) is 0 Å². The van der Waals surface area contributed by atoms with Gasteiger partial charge < -0.3 is 9.30 Å². The van der Waals surface area contributed by atoms with Gasteiger partial charge in [-0.15, -0.1) is 0 Å². The third-order valence-electron chi connectivity index (χ3n) is 2.05. The lowest BCUT2D eigenvalue weighted by molar-refractivity contribution is 0.394. The fourth-order valence-corrected chi connectivity index (χ4v) is 1.97. The van der Waals surface area contributed by atoms with Crippen LogP contribution >= 0.6 is 7.14 Å². The Morgan fingerprint density at radius 1 is 1.43 bits per heavy atom. The Labute approximate surface area is 84.9 Å². The van der Waals surface area contributed by atoms with Crippen LogP contribution in [0.25, 0.3) is 0 Å². The molecule has 4 heteroatoms. The summed E-state index contributed by atoms with van der Waals surface area (Å²) in [5.74, 6) is 0.592. The number of nitrogens with zero attached hydrogens (tertiary/aromatic N) is 1. The van der Waals surface area contributed by atoms with Gasteiger partial charge in [-0.05, 0) is 25.8 Å². The van der Waals surface area contributed by atoms with Crippen LogP contribution in [0.1, 0.15) is 12.5 Å². The molecule has 0 fully saturated rings. The van der Waals surface area contributed by atoms with Gasteiger partial charge in [-0.2, -0.15) is 0 Å². The van der Waals surface area contributed by atoms with E-state index in [0.29, 0.717) is 11.3 Å². The molecule has 0 saturated carbocycles. The number of aromatic nitrogens is 1. The molecule has 0 aliphatic heterocycles. The number of pyridine rings is 1. The monoisotopic (exact) mass is 213 g/mol. The van der Waals surface area contributed by atoms with E-state index in [1.54, 1.807) is 20.4 Å². The van der Waals surface area contributed by atoms with Gasteiger partial charge in [-0.1, -0.05) is 13.0 Å². The highest BCUT2D eigenvalue weighted by Gasteiger charge is 2.15. The predicted octanol–water partition coefficient (Wildman–Crippen LogP) is 1.90. The molecule has 78 valence electrons. The van der Waals surface area contributed by atoms with E-state index in [1.807, 2.05) is 19.1 Å². The molecule has 0 aromatic carbocycles. The molecule has 0 atom stereocenters. The first-order chi connectivity index (χ1) is 6.49. The second-order valence-corrected chi connectivity index (χ2v) is 6.70. The number of methoxy groups -OCH3 is 1. The van der Waals surface area contributed by atoms with E-state index >= 15 is 0 Å². The van der Waals surface area contributed by atoms with E-state index in [4.69, 9.17) is 4.74 Å². The highest BCUT2D eigenvalue weighted by molar-refractivity contribution is 7.69. The average Bonchev–Trinajstić information content (AvgIpc) is 2.15. The molecule has 0 amide bonds. The van der Waals surface area contributed by atoms with E-state index in [2.05, 4.69) is 4.98 Å². The van der Waals surface area contributed by atoms with Gasteiger partial charge in [0.2, 0.25) is 5.88 Å². The van der Waals surface area contributed by atoms with Crippen molar-refractivity contribution in [2.45, 2.75) is 13.3 Å². The van der Waals surface area contributed by atoms with Gasteiger partial charge in [0.1, 0.15) is 12.6 Å². The van der Waals surface area contributed by atoms with Crippen LogP contribution in [0.4, 0.5) is 0 Å². The van der Waals surface area contributed by atoms with E-state index < -0.39 is 7.14 Å². The topological polar surface area (TPSA) is 39.2 Å². The highest BCUT2D eigenvalue weighted by Crippen LogP contribution is 2.34. The first-order valence-corrected chi connectivity index (χ1v) is 7.18. The summed E-state index contributed by atoms with van der Waals surface area (Å²) >= 11 is 0. The van der Waals surface area contributed by atoms with Gasteiger partial charge in [0, 0.05) is 5.56 Å². The Bertz CT molecular complexity index is 370. The van der Waals surface area contributed by atoms with Gasteiger partial charge in [0.05, 0.1) is 7.11 Å². The minimum absolute atomic E-state index is 0.592. The summed E-state index contributed by atoms with van der Waals surface area (Å²) in [4.78, 5) is 4.25. The van der Waals surface area contributed by atoms with Gasteiger partial charge >= 0.3 is 0 Å². The number of hydrogen-bond acceptors (Lipinski definition) is 3. The zero-order chi connectivity index (χ0) is 10.8. The summed E-state index contributed by atoms with van der Waals surface area (Å²) in [5, 5.41) is 0. The van der Waals surface area contributed by atoms with Crippen molar-refractivity contribution >= 4 is 12.6 Å². The fourth-order valence-electron chi connectivity index (χ4n) is 1.21. The molecular weight excluding hydrogens is 197 g/mol. The van der Waals surface area contributed by atoms with E-state index in [1.165, 1.54) is 0 Å². The summed E-state index contributed by atoms with van der Waals surface area (Å²) < 4.78 is 16.9. The molecule has 1 aromatic rings. The summed E-state index contributed by atoms with van der Waals surface area (Å²) in [6.07, 6.45) is 0.869. The minimum atomic E-state index is -2.28. The lowest BCUT2D eigenvalue weighted by Crippen LogP contribution is -2.10. The molecule has 0 bridgehead atoms. The summed E-state index contributed by atoms with van der Waals surface area (Å²) in [6.45, 7) is 5.46. The van der Waals surface area contributed by atoms with Gasteiger partial charge in [0.25, 0.3) is 0 Å². The smallest absolute Gasteiger partial charge is 0.216 e. The fraction of sp³-hybridized carbons (Fsp3) is 0.500. The molecule has 0 radical (unpaired) electrons. The Morgan fingerprint density at radius 3 is 2.50 bits per heavy atom. The Balaban J connectivity index is 3.21. The van der Waals surface area contributed by atoms with Crippen LogP contribution in [0, 0.1) is 0 Å². The average molecular weight is 213 g/mol. The lowest BCUT2D eigenvalue weighted by atomic mass is 10.2. The second-order valence-electron chi connectivity index (χ2n) is 3.54. The number of aryl methyl sites for hydroxylation is 1. The van der Waals surface area contributed by atoms with Crippen molar-refractivity contribution in [1.29, 1.82) is 0 Å². The zero-order valence-electron chi connectivity index (χ0n) is 9.07. The second kappa shape index (κ2) is 4.14. The van der Waals surface area contributed by atoms with Crippen molar-refractivity contribution in [2.75, 3.05) is 20.4 Å². The Morgan fingerprint density at radius 2 is 2.07 bits per heavy atom. The molecule has 0 spiro atoms. The number of hydrogen-bond donors (Lipinski definition) is 0. The first-order valence-electron chi connectivity index (χ1n) is 4.58. The maximum Gasteiger partial charge on any atom is 0.216 e. The normalized spacial score (nSPS) is 11.4. The summed E-state index contributed by atoms with van der Waals surface area (Å²) in [7, 11) is -0.695. The molecule has 0 aliphatic rings. The van der Waals surface area contributed by atoms with E-state index in [0.717, 1.165) is 12.0 Å². The van der Waals surface area contributed by atoms with E-state index in [9.17, 15) is 4.57 Å². The van der Waals surface area contributed by atoms with E-state index in [-0.39, 0.29) is 0 Å². The third kappa shape index (κ3) is 2.36. The standard InChI is InChI=1S/C10H16NO2P/c1-5-8-6-7-9(14(3,4)12)11-10(8)13-2/h6-7H,5H2,1-4H3. The summed E-state index contributed by atoms with van der Waals surface area (Å²) in [6, 6.07) is 3.75. The predicted molar refractivity (Wildman–Crippen MR) is 59.3 cm³/mol. The van der Waals surface area contributed by atoms with Gasteiger partial charge in [-0.25, -0.2) is 4.98 Å². The molecule has 14 heavy (non-hydrogen) atoms. The van der Waals surface area contributed by atoms with Crippen molar-refractivity contribution in [3.8, 4) is 5.88 Å². The van der Waals surface area contributed by atoms with Crippen molar-refractivity contribution in [3.63, 3.8) is 0 Å². The molecule has 1 rings (SSSR count). The maximum atomic E-state index is 11.8. The number of rotatable bonds is 3. The third-order valence-corrected chi connectivity index (χ3v) is 3.40. The molecule has 0 saturated heterocycles. The van der Waals surface area contributed by atoms with Crippen molar-refractivity contribution in [1.82, 2.24) is 4.98 Å². The van der Waals surface area contributed by atoms with Crippen LogP contribution in [0.5, 0.6) is 5.88 Å². The van der Waals surface area contributed by atoms with Crippen molar-refractivity contribution in [2.24, 2.45) is 0 Å². The zero-order valence-corrected chi connectivity index (χ0v) is 9.97. The molecule has 1 heterocycles. The van der Waals surface area contributed by atoms with Crippen LogP contribution in [-0.2, 0) is 11.0 Å². The van der Waals surface area contributed by atoms with Crippen LogP contribution in [0.3, 0.4) is 0 Å². The quantitative estimate of drug-likeness (QED) is 0.720. The van der Waals surface area contributed by atoms with Gasteiger partial charge in [-0.3, -0.25) is 0 Å². The molecule has 0 N–H and O–H groups in total.